The number of hydrogen-bond donors (Lipinski definition) is 3. The zero-order valence-electron chi connectivity index (χ0n) is 11.9. The van der Waals surface area contributed by atoms with Gasteiger partial charge in [-0.3, -0.25) is 4.79 Å². The van der Waals surface area contributed by atoms with Crippen LogP contribution in [0.1, 0.15) is 33.1 Å². The minimum Gasteiger partial charge on any atom is -0.481 e. The average molecular weight is 282 g/mol. The van der Waals surface area contributed by atoms with Crippen molar-refractivity contribution >= 4 is 12.0 Å². The van der Waals surface area contributed by atoms with E-state index in [1.54, 1.807) is 12.5 Å². The first-order valence-electron chi connectivity index (χ1n) is 6.72. The van der Waals surface area contributed by atoms with Crippen LogP contribution in [0.2, 0.25) is 0 Å². The first kappa shape index (κ1) is 16.0. The van der Waals surface area contributed by atoms with Gasteiger partial charge in [0.15, 0.2) is 0 Å². The van der Waals surface area contributed by atoms with Crippen LogP contribution in [-0.4, -0.2) is 38.7 Å². The van der Waals surface area contributed by atoms with E-state index in [-0.39, 0.29) is 24.5 Å². The molecular formula is C13H22N4O3. The molecule has 0 bridgehead atoms. The van der Waals surface area contributed by atoms with Gasteiger partial charge in [-0.05, 0) is 26.7 Å². The first-order valence-corrected chi connectivity index (χ1v) is 6.72. The highest BCUT2D eigenvalue weighted by Crippen LogP contribution is 2.00. The molecule has 0 saturated carbocycles. The van der Waals surface area contributed by atoms with Crippen molar-refractivity contribution in [2.45, 2.75) is 51.7 Å². The fraction of sp³-hybridized carbons (Fsp3) is 0.615. The molecule has 2 amide bonds. The van der Waals surface area contributed by atoms with Gasteiger partial charge in [-0.25, -0.2) is 9.78 Å². The van der Waals surface area contributed by atoms with Crippen LogP contribution in [0, 0.1) is 0 Å². The molecule has 0 saturated heterocycles. The lowest BCUT2D eigenvalue weighted by molar-refractivity contribution is -0.137. The van der Waals surface area contributed by atoms with Crippen LogP contribution in [-0.2, 0) is 11.3 Å². The van der Waals surface area contributed by atoms with Crippen LogP contribution in [0.15, 0.2) is 18.7 Å². The Bertz CT molecular complexity index is 419. The summed E-state index contributed by atoms with van der Waals surface area (Å²) in [6.07, 6.45) is 6.56. The van der Waals surface area contributed by atoms with Crippen LogP contribution in [0.4, 0.5) is 4.79 Å². The van der Waals surface area contributed by atoms with Gasteiger partial charge in [0.05, 0.1) is 6.33 Å². The number of nitrogens with one attached hydrogen (secondary N) is 2. The van der Waals surface area contributed by atoms with Crippen LogP contribution in [0.25, 0.3) is 0 Å². The first-order chi connectivity index (χ1) is 9.47. The molecule has 1 rings (SSSR count). The average Bonchev–Trinajstić information content (AvgIpc) is 2.80. The highest BCUT2D eigenvalue weighted by Gasteiger charge is 2.11. The number of imidazole rings is 1. The van der Waals surface area contributed by atoms with E-state index in [4.69, 9.17) is 5.11 Å². The van der Waals surface area contributed by atoms with E-state index in [0.29, 0.717) is 19.4 Å². The standard InChI is InChI=1S/C13H22N4O3/c1-10(4-3-5-12(18)19)15-13(20)16-11(2)8-17-7-6-14-9-17/h6-7,9-11H,3-5,8H2,1-2H3,(H,18,19)(H2,15,16,20). The molecule has 7 heteroatoms. The predicted octanol–water partition coefficient (Wildman–Crippen LogP) is 1.21. The molecule has 0 aliphatic carbocycles. The smallest absolute Gasteiger partial charge is 0.315 e. The van der Waals surface area contributed by atoms with Crippen molar-refractivity contribution in [1.29, 1.82) is 0 Å². The lowest BCUT2D eigenvalue weighted by atomic mass is 10.1. The summed E-state index contributed by atoms with van der Waals surface area (Å²) in [5.74, 6) is -0.810. The lowest BCUT2D eigenvalue weighted by Crippen LogP contribution is -2.45. The van der Waals surface area contributed by atoms with Crippen LogP contribution in [0.5, 0.6) is 0 Å². The normalized spacial score (nSPS) is 13.5. The Morgan fingerprint density at radius 1 is 1.30 bits per heavy atom. The van der Waals surface area contributed by atoms with Gasteiger partial charge in [-0.2, -0.15) is 0 Å². The van der Waals surface area contributed by atoms with Crippen molar-refractivity contribution in [3.8, 4) is 0 Å². The lowest BCUT2D eigenvalue weighted by Gasteiger charge is -2.18. The molecule has 7 nitrogen and oxygen atoms in total. The minimum atomic E-state index is -0.810. The Labute approximate surface area is 118 Å². The number of carbonyl (C=O) groups is 2. The quantitative estimate of drug-likeness (QED) is 0.668. The zero-order chi connectivity index (χ0) is 15.0. The number of rotatable bonds is 8. The van der Waals surface area contributed by atoms with Gasteiger partial charge >= 0.3 is 12.0 Å². The number of carboxylic acid groups (broad SMARTS) is 1. The summed E-state index contributed by atoms with van der Waals surface area (Å²) in [7, 11) is 0. The highest BCUT2D eigenvalue weighted by atomic mass is 16.4. The maximum Gasteiger partial charge on any atom is 0.315 e. The molecule has 0 aromatic carbocycles. The molecule has 2 unspecified atom stereocenters. The molecule has 112 valence electrons. The number of nitrogens with zero attached hydrogens (tertiary/aromatic N) is 2. The molecule has 2 atom stereocenters. The summed E-state index contributed by atoms with van der Waals surface area (Å²) in [6.45, 7) is 4.43. The van der Waals surface area contributed by atoms with Crippen LogP contribution >= 0.6 is 0 Å². The molecule has 3 N–H and O–H groups in total. The van der Waals surface area contributed by atoms with Gasteiger partial charge < -0.3 is 20.3 Å². The maximum atomic E-state index is 11.7. The van der Waals surface area contributed by atoms with Crippen LogP contribution in [0.3, 0.4) is 0 Å². The number of carboxylic acids is 1. The number of carbonyl (C=O) groups excluding carboxylic acids is 1. The fourth-order valence-corrected chi connectivity index (χ4v) is 1.88. The number of urea groups is 1. The van der Waals surface area contributed by atoms with Gasteiger partial charge in [0.25, 0.3) is 0 Å². The van der Waals surface area contributed by atoms with E-state index in [0.717, 1.165) is 0 Å². The molecule has 0 radical (unpaired) electrons. The van der Waals surface area contributed by atoms with Crippen molar-refractivity contribution < 1.29 is 14.7 Å². The van der Waals surface area contributed by atoms with E-state index in [9.17, 15) is 9.59 Å². The highest BCUT2D eigenvalue weighted by molar-refractivity contribution is 5.74. The molecule has 1 heterocycles. The molecule has 0 spiro atoms. The Morgan fingerprint density at radius 3 is 2.60 bits per heavy atom. The van der Waals surface area contributed by atoms with Gasteiger partial charge in [-0.1, -0.05) is 0 Å². The monoisotopic (exact) mass is 282 g/mol. The number of amides is 2. The van der Waals surface area contributed by atoms with Crippen molar-refractivity contribution in [1.82, 2.24) is 20.2 Å². The molecule has 1 aromatic rings. The van der Waals surface area contributed by atoms with E-state index in [1.165, 1.54) is 0 Å². The van der Waals surface area contributed by atoms with Crippen LogP contribution < -0.4 is 10.6 Å². The number of hydrogen-bond acceptors (Lipinski definition) is 3. The van der Waals surface area contributed by atoms with Gasteiger partial charge in [-0.15, -0.1) is 0 Å². The summed E-state index contributed by atoms with van der Waals surface area (Å²) in [5.41, 5.74) is 0. The summed E-state index contributed by atoms with van der Waals surface area (Å²) < 4.78 is 1.89. The maximum absolute atomic E-state index is 11.7. The van der Waals surface area contributed by atoms with E-state index in [1.807, 2.05) is 24.6 Å². The third-order valence-corrected chi connectivity index (χ3v) is 2.83. The largest absolute Gasteiger partial charge is 0.481 e. The van der Waals surface area contributed by atoms with E-state index in [2.05, 4.69) is 15.6 Å². The topological polar surface area (TPSA) is 96.3 Å². The van der Waals surface area contributed by atoms with Crippen molar-refractivity contribution in [2.75, 3.05) is 0 Å². The molecule has 0 fully saturated rings. The zero-order valence-corrected chi connectivity index (χ0v) is 11.9. The van der Waals surface area contributed by atoms with Gasteiger partial charge in [0, 0.05) is 37.4 Å². The summed E-state index contributed by atoms with van der Waals surface area (Å²) in [6, 6.07) is -0.300. The Morgan fingerprint density at radius 2 is 2.00 bits per heavy atom. The summed E-state index contributed by atoms with van der Waals surface area (Å²) in [5, 5.41) is 14.2. The SMILES string of the molecule is CC(CCCC(=O)O)NC(=O)NC(C)Cn1ccnc1. The number of aromatic nitrogens is 2. The van der Waals surface area contributed by atoms with Crippen molar-refractivity contribution in [3.05, 3.63) is 18.7 Å². The molecular weight excluding hydrogens is 260 g/mol. The molecule has 0 aliphatic rings. The second kappa shape index (κ2) is 8.19. The second-order valence-corrected chi connectivity index (χ2v) is 4.97. The molecule has 1 aromatic heterocycles. The van der Waals surface area contributed by atoms with Crippen molar-refractivity contribution in [3.63, 3.8) is 0 Å². The third-order valence-electron chi connectivity index (χ3n) is 2.83. The summed E-state index contributed by atoms with van der Waals surface area (Å²) in [4.78, 5) is 26.1. The summed E-state index contributed by atoms with van der Waals surface area (Å²) >= 11 is 0. The van der Waals surface area contributed by atoms with Crippen molar-refractivity contribution in [2.24, 2.45) is 0 Å². The second-order valence-electron chi connectivity index (χ2n) is 4.97. The van der Waals surface area contributed by atoms with Gasteiger partial charge in [0.2, 0.25) is 0 Å². The third kappa shape index (κ3) is 6.77. The minimum absolute atomic E-state index is 0.0181. The predicted molar refractivity (Wildman–Crippen MR) is 74.3 cm³/mol. The van der Waals surface area contributed by atoms with E-state index < -0.39 is 5.97 Å². The molecule has 0 aliphatic heterocycles. The molecule has 20 heavy (non-hydrogen) atoms. The van der Waals surface area contributed by atoms with E-state index >= 15 is 0 Å². The Balaban J connectivity index is 2.19. The van der Waals surface area contributed by atoms with Gasteiger partial charge in [0.1, 0.15) is 0 Å². The Hall–Kier alpha value is -2.05. The fourth-order valence-electron chi connectivity index (χ4n) is 1.88. The number of aliphatic carboxylic acids is 1. The Kier molecular flexibility index (Phi) is 6.55.